The molecule has 0 radical (unpaired) electrons. The van der Waals surface area contributed by atoms with Crippen molar-refractivity contribution >= 4 is 5.82 Å². The number of rotatable bonds is 4. The van der Waals surface area contributed by atoms with E-state index in [1.807, 2.05) is 31.3 Å². The van der Waals surface area contributed by atoms with Gasteiger partial charge in [-0.05, 0) is 24.5 Å². The summed E-state index contributed by atoms with van der Waals surface area (Å²) in [5.74, 6) is 2.11. The van der Waals surface area contributed by atoms with Gasteiger partial charge in [-0.1, -0.05) is 26.0 Å². The second kappa shape index (κ2) is 5.34. The molecular formula is C15H21N3O. The monoisotopic (exact) mass is 259 g/mol. The minimum atomic E-state index is 0.538. The van der Waals surface area contributed by atoms with Crippen LogP contribution in [0.5, 0.6) is 5.75 Å². The molecule has 0 amide bonds. The summed E-state index contributed by atoms with van der Waals surface area (Å²) >= 11 is 0. The fourth-order valence-corrected chi connectivity index (χ4v) is 2.19. The van der Waals surface area contributed by atoms with Crippen LogP contribution in [0.25, 0.3) is 11.3 Å². The highest BCUT2D eigenvalue weighted by molar-refractivity contribution is 5.69. The number of benzene rings is 1. The molecule has 2 N–H and O–H groups in total. The van der Waals surface area contributed by atoms with Crippen LogP contribution in [0.2, 0.25) is 0 Å². The molecule has 1 aromatic carbocycles. The summed E-state index contributed by atoms with van der Waals surface area (Å²) in [6.45, 7) is 4.36. The highest BCUT2D eigenvalue weighted by Crippen LogP contribution is 2.30. The maximum atomic E-state index is 6.13. The number of aromatic nitrogens is 2. The molecule has 0 atom stereocenters. The minimum Gasteiger partial charge on any atom is -0.497 e. The molecule has 4 nitrogen and oxygen atoms in total. The van der Waals surface area contributed by atoms with Gasteiger partial charge in [0, 0.05) is 18.2 Å². The molecule has 2 rings (SSSR count). The lowest BCUT2D eigenvalue weighted by molar-refractivity contribution is 0.415. The van der Waals surface area contributed by atoms with Gasteiger partial charge in [0.25, 0.3) is 0 Å². The summed E-state index contributed by atoms with van der Waals surface area (Å²) in [5, 5.41) is 4.54. The smallest absolute Gasteiger partial charge is 0.125 e. The van der Waals surface area contributed by atoms with E-state index in [1.165, 1.54) is 0 Å². The SMILES string of the molecule is COc1cccc(-c2nn(C)c(N)c2CC(C)C)c1. The fraction of sp³-hybridized carbons (Fsp3) is 0.400. The van der Waals surface area contributed by atoms with Crippen LogP contribution in [0, 0.1) is 5.92 Å². The van der Waals surface area contributed by atoms with E-state index in [4.69, 9.17) is 10.5 Å². The van der Waals surface area contributed by atoms with Crippen molar-refractivity contribution in [3.63, 3.8) is 0 Å². The molecule has 0 aliphatic heterocycles. The van der Waals surface area contributed by atoms with Crippen molar-refractivity contribution < 1.29 is 4.74 Å². The van der Waals surface area contributed by atoms with Gasteiger partial charge in [0.2, 0.25) is 0 Å². The second-order valence-corrected chi connectivity index (χ2v) is 5.17. The summed E-state index contributed by atoms with van der Waals surface area (Å²) < 4.78 is 7.01. The van der Waals surface area contributed by atoms with Crippen molar-refractivity contribution in [3.8, 4) is 17.0 Å². The lowest BCUT2D eigenvalue weighted by Gasteiger charge is -2.07. The Balaban J connectivity index is 2.51. The van der Waals surface area contributed by atoms with Gasteiger partial charge < -0.3 is 10.5 Å². The van der Waals surface area contributed by atoms with Crippen molar-refractivity contribution in [2.24, 2.45) is 13.0 Å². The van der Waals surface area contributed by atoms with E-state index in [2.05, 4.69) is 18.9 Å². The van der Waals surface area contributed by atoms with Gasteiger partial charge in [0.15, 0.2) is 0 Å². The van der Waals surface area contributed by atoms with Gasteiger partial charge in [-0.15, -0.1) is 0 Å². The Morgan fingerprint density at radius 1 is 1.37 bits per heavy atom. The molecule has 4 heteroatoms. The highest BCUT2D eigenvalue weighted by Gasteiger charge is 2.16. The number of methoxy groups -OCH3 is 1. The van der Waals surface area contributed by atoms with Gasteiger partial charge in [0.05, 0.1) is 12.8 Å². The van der Waals surface area contributed by atoms with E-state index >= 15 is 0 Å². The molecule has 102 valence electrons. The largest absolute Gasteiger partial charge is 0.497 e. The van der Waals surface area contributed by atoms with Crippen LogP contribution in [0.3, 0.4) is 0 Å². The van der Waals surface area contributed by atoms with E-state index < -0.39 is 0 Å². The molecule has 1 aromatic heterocycles. The van der Waals surface area contributed by atoms with Crippen LogP contribution in [-0.4, -0.2) is 16.9 Å². The second-order valence-electron chi connectivity index (χ2n) is 5.17. The van der Waals surface area contributed by atoms with Gasteiger partial charge >= 0.3 is 0 Å². The Kier molecular flexibility index (Phi) is 3.79. The third kappa shape index (κ3) is 2.72. The third-order valence-corrected chi connectivity index (χ3v) is 3.15. The quantitative estimate of drug-likeness (QED) is 0.918. The van der Waals surface area contributed by atoms with Gasteiger partial charge in [-0.25, -0.2) is 0 Å². The number of aryl methyl sites for hydroxylation is 1. The van der Waals surface area contributed by atoms with Crippen molar-refractivity contribution in [2.45, 2.75) is 20.3 Å². The Bertz CT molecular complexity index is 573. The first kappa shape index (κ1) is 13.5. The van der Waals surface area contributed by atoms with Gasteiger partial charge in [0.1, 0.15) is 11.6 Å². The number of hydrogen-bond donors (Lipinski definition) is 1. The van der Waals surface area contributed by atoms with Gasteiger partial charge in [-0.2, -0.15) is 5.10 Å². The summed E-state index contributed by atoms with van der Waals surface area (Å²) in [6, 6.07) is 7.93. The zero-order valence-corrected chi connectivity index (χ0v) is 12.0. The van der Waals surface area contributed by atoms with E-state index in [-0.39, 0.29) is 0 Å². The van der Waals surface area contributed by atoms with E-state index in [0.29, 0.717) is 5.92 Å². The summed E-state index contributed by atoms with van der Waals surface area (Å²) in [6.07, 6.45) is 0.923. The number of nitrogen functional groups attached to an aromatic ring is 1. The standard InChI is InChI=1S/C15H21N3O/c1-10(2)8-13-14(17-18(3)15(13)16)11-6-5-7-12(9-11)19-4/h5-7,9-10H,8,16H2,1-4H3. The number of nitrogens with two attached hydrogens (primary N) is 1. The predicted octanol–water partition coefficient (Wildman–Crippen LogP) is 2.88. The molecular weight excluding hydrogens is 238 g/mol. The Hall–Kier alpha value is -1.97. The maximum absolute atomic E-state index is 6.13. The molecule has 0 aliphatic rings. The summed E-state index contributed by atoms with van der Waals surface area (Å²) in [5.41, 5.74) is 9.24. The van der Waals surface area contributed by atoms with Gasteiger partial charge in [-0.3, -0.25) is 4.68 Å². The molecule has 0 saturated heterocycles. The number of hydrogen-bond acceptors (Lipinski definition) is 3. The van der Waals surface area contributed by atoms with E-state index in [0.717, 1.165) is 34.8 Å². The Morgan fingerprint density at radius 2 is 2.11 bits per heavy atom. The fourth-order valence-electron chi connectivity index (χ4n) is 2.19. The van der Waals surface area contributed by atoms with Crippen LogP contribution in [0.15, 0.2) is 24.3 Å². The summed E-state index contributed by atoms with van der Waals surface area (Å²) in [4.78, 5) is 0. The van der Waals surface area contributed by atoms with Crippen molar-refractivity contribution in [1.82, 2.24) is 9.78 Å². The highest BCUT2D eigenvalue weighted by atomic mass is 16.5. The Morgan fingerprint density at radius 3 is 2.74 bits per heavy atom. The molecule has 1 heterocycles. The van der Waals surface area contributed by atoms with Crippen molar-refractivity contribution in [2.75, 3.05) is 12.8 Å². The molecule has 19 heavy (non-hydrogen) atoms. The van der Waals surface area contributed by atoms with E-state index in [9.17, 15) is 0 Å². The number of anilines is 1. The Labute approximate surface area is 114 Å². The van der Waals surface area contributed by atoms with Crippen LogP contribution in [-0.2, 0) is 13.5 Å². The van der Waals surface area contributed by atoms with Crippen molar-refractivity contribution in [1.29, 1.82) is 0 Å². The lowest BCUT2D eigenvalue weighted by Crippen LogP contribution is -2.02. The normalized spacial score (nSPS) is 11.0. The molecule has 0 saturated carbocycles. The van der Waals surface area contributed by atoms with Crippen LogP contribution < -0.4 is 10.5 Å². The molecule has 0 bridgehead atoms. The first-order chi connectivity index (χ1) is 9.02. The zero-order valence-electron chi connectivity index (χ0n) is 12.0. The minimum absolute atomic E-state index is 0.538. The number of nitrogens with zero attached hydrogens (tertiary/aromatic N) is 2. The number of ether oxygens (including phenoxy) is 1. The topological polar surface area (TPSA) is 53.1 Å². The summed E-state index contributed by atoms with van der Waals surface area (Å²) in [7, 11) is 3.55. The first-order valence-electron chi connectivity index (χ1n) is 6.48. The predicted molar refractivity (Wildman–Crippen MR) is 78.2 cm³/mol. The maximum Gasteiger partial charge on any atom is 0.125 e. The van der Waals surface area contributed by atoms with Crippen molar-refractivity contribution in [3.05, 3.63) is 29.8 Å². The first-order valence-corrected chi connectivity index (χ1v) is 6.48. The zero-order chi connectivity index (χ0) is 14.0. The molecule has 0 fully saturated rings. The van der Waals surface area contributed by atoms with Crippen LogP contribution >= 0.6 is 0 Å². The average Bonchev–Trinajstić information content (AvgIpc) is 2.66. The third-order valence-electron chi connectivity index (χ3n) is 3.15. The average molecular weight is 259 g/mol. The van der Waals surface area contributed by atoms with Crippen LogP contribution in [0.4, 0.5) is 5.82 Å². The molecule has 0 unspecified atom stereocenters. The lowest BCUT2D eigenvalue weighted by atomic mass is 9.99. The van der Waals surface area contributed by atoms with Crippen LogP contribution in [0.1, 0.15) is 19.4 Å². The molecule has 0 aliphatic carbocycles. The molecule has 2 aromatic rings. The molecule has 0 spiro atoms. The van der Waals surface area contributed by atoms with E-state index in [1.54, 1.807) is 11.8 Å².